The van der Waals surface area contributed by atoms with Crippen LogP contribution in [-0.2, 0) is 4.79 Å². The van der Waals surface area contributed by atoms with E-state index in [-0.39, 0.29) is 5.91 Å². The number of amides is 1. The summed E-state index contributed by atoms with van der Waals surface area (Å²) in [5, 5.41) is 10.8. The zero-order valence-electron chi connectivity index (χ0n) is 13.4. The minimum Gasteiger partial charge on any atom is -0.351 e. The molecule has 1 amide bonds. The highest BCUT2D eigenvalue weighted by molar-refractivity contribution is 7.99. The van der Waals surface area contributed by atoms with E-state index >= 15 is 0 Å². The lowest BCUT2D eigenvalue weighted by Crippen LogP contribution is -2.29. The first kappa shape index (κ1) is 15.5. The second kappa shape index (κ2) is 5.89. The predicted octanol–water partition coefficient (Wildman–Crippen LogP) is 3.92. The summed E-state index contributed by atoms with van der Waals surface area (Å²) >= 11 is 7.60. The third-order valence-corrected chi connectivity index (χ3v) is 5.41. The van der Waals surface area contributed by atoms with Crippen LogP contribution in [0.5, 0.6) is 0 Å². The number of H-pyrrole nitrogens is 1. The van der Waals surface area contributed by atoms with Crippen LogP contribution in [0.4, 0.5) is 0 Å². The Morgan fingerprint density at radius 1 is 1.12 bits per heavy atom. The van der Waals surface area contributed by atoms with Gasteiger partial charge in [-0.3, -0.25) is 10.2 Å². The first-order valence-corrected chi connectivity index (χ1v) is 9.32. The average molecular weight is 382 g/mol. The van der Waals surface area contributed by atoms with Crippen molar-refractivity contribution >= 4 is 40.2 Å². The fraction of sp³-hybridized carbons (Fsp3) is 0.0556. The van der Waals surface area contributed by atoms with E-state index in [1.165, 1.54) is 11.8 Å². The van der Waals surface area contributed by atoms with Gasteiger partial charge in [0.05, 0.1) is 11.4 Å². The number of aromatic amines is 1. The lowest BCUT2D eigenvalue weighted by atomic mass is 10.0. The van der Waals surface area contributed by atoms with Crippen molar-refractivity contribution in [2.45, 2.75) is 5.16 Å². The van der Waals surface area contributed by atoms with Gasteiger partial charge in [0.1, 0.15) is 0 Å². The highest BCUT2D eigenvalue weighted by atomic mass is 35.5. The van der Waals surface area contributed by atoms with E-state index in [2.05, 4.69) is 20.6 Å². The minimum absolute atomic E-state index is 0.0797. The van der Waals surface area contributed by atoms with Crippen LogP contribution in [0.1, 0.15) is 0 Å². The Hall–Kier alpha value is -2.77. The minimum atomic E-state index is -0.0797. The molecule has 0 spiro atoms. The Labute approximate surface area is 157 Å². The van der Waals surface area contributed by atoms with Gasteiger partial charge in [0.25, 0.3) is 0 Å². The summed E-state index contributed by atoms with van der Waals surface area (Å²) in [5.41, 5.74) is 6.56. The normalized spacial score (nSPS) is 13.7. The van der Waals surface area contributed by atoms with Crippen molar-refractivity contribution in [3.63, 3.8) is 0 Å². The van der Waals surface area contributed by atoms with E-state index in [4.69, 9.17) is 11.6 Å². The molecular formula is C18H12ClN5OS. The molecule has 2 aromatic heterocycles. The number of rotatable bonds is 2. The summed E-state index contributed by atoms with van der Waals surface area (Å²) in [7, 11) is 0. The summed E-state index contributed by atoms with van der Waals surface area (Å²) in [6.45, 7) is 0. The van der Waals surface area contributed by atoms with Gasteiger partial charge in [-0.25, -0.2) is 4.68 Å². The molecule has 26 heavy (non-hydrogen) atoms. The quantitative estimate of drug-likeness (QED) is 0.551. The van der Waals surface area contributed by atoms with Crippen molar-refractivity contribution in [3.05, 3.63) is 53.6 Å². The fourth-order valence-electron chi connectivity index (χ4n) is 3.15. The molecule has 0 atom stereocenters. The van der Waals surface area contributed by atoms with Gasteiger partial charge in [-0.15, -0.1) is 10.2 Å². The van der Waals surface area contributed by atoms with E-state index in [0.717, 1.165) is 27.7 Å². The number of thioether (sulfide) groups is 1. The summed E-state index contributed by atoms with van der Waals surface area (Å²) in [6, 6.07) is 15.7. The van der Waals surface area contributed by atoms with Gasteiger partial charge in [0.15, 0.2) is 0 Å². The second-order valence-electron chi connectivity index (χ2n) is 5.90. The molecule has 8 heteroatoms. The van der Waals surface area contributed by atoms with E-state index in [0.29, 0.717) is 21.8 Å². The van der Waals surface area contributed by atoms with Crippen LogP contribution in [0, 0.1) is 0 Å². The molecule has 1 aliphatic rings. The number of aromatic nitrogens is 4. The lowest BCUT2D eigenvalue weighted by Gasteiger charge is -2.15. The van der Waals surface area contributed by atoms with Crippen molar-refractivity contribution in [1.29, 1.82) is 0 Å². The van der Waals surface area contributed by atoms with Crippen molar-refractivity contribution in [1.82, 2.24) is 19.9 Å². The van der Waals surface area contributed by atoms with Gasteiger partial charge in [0, 0.05) is 21.5 Å². The maximum absolute atomic E-state index is 11.8. The van der Waals surface area contributed by atoms with E-state index in [1.807, 2.05) is 48.5 Å². The van der Waals surface area contributed by atoms with Crippen molar-refractivity contribution in [3.8, 4) is 22.6 Å². The number of carbonyl (C=O) groups is 1. The van der Waals surface area contributed by atoms with Crippen LogP contribution in [0.25, 0.3) is 33.5 Å². The Balaban J connectivity index is 1.82. The number of benzene rings is 2. The van der Waals surface area contributed by atoms with Gasteiger partial charge in [0.2, 0.25) is 16.9 Å². The largest absolute Gasteiger partial charge is 0.351 e. The molecule has 1 aliphatic heterocycles. The molecule has 0 radical (unpaired) electrons. The average Bonchev–Trinajstić information content (AvgIpc) is 3.22. The zero-order chi connectivity index (χ0) is 17.7. The van der Waals surface area contributed by atoms with Gasteiger partial charge in [-0.2, -0.15) is 0 Å². The summed E-state index contributed by atoms with van der Waals surface area (Å²) in [4.78, 5) is 15.3. The lowest BCUT2D eigenvalue weighted by molar-refractivity contribution is -0.114. The smallest absolute Gasteiger partial charge is 0.249 e. The molecule has 0 saturated heterocycles. The third-order valence-electron chi connectivity index (χ3n) is 4.25. The van der Waals surface area contributed by atoms with Gasteiger partial charge in [-0.05, 0) is 23.8 Å². The number of hydrogen-bond acceptors (Lipinski definition) is 4. The van der Waals surface area contributed by atoms with E-state index in [9.17, 15) is 4.79 Å². The molecule has 0 aliphatic carbocycles. The molecule has 0 unspecified atom stereocenters. The first-order chi connectivity index (χ1) is 12.7. The predicted molar refractivity (Wildman–Crippen MR) is 103 cm³/mol. The van der Waals surface area contributed by atoms with Crippen LogP contribution in [0.2, 0.25) is 5.02 Å². The Bertz CT molecular complexity index is 1150. The molecule has 2 aromatic carbocycles. The van der Waals surface area contributed by atoms with Crippen molar-refractivity contribution < 1.29 is 4.79 Å². The fourth-order valence-corrected chi connectivity index (χ4v) is 4.01. The molecule has 0 saturated carbocycles. The highest BCUT2D eigenvalue weighted by Gasteiger charge is 2.25. The van der Waals surface area contributed by atoms with Gasteiger partial charge in [-0.1, -0.05) is 53.7 Å². The molecule has 6 nitrogen and oxygen atoms in total. The summed E-state index contributed by atoms with van der Waals surface area (Å²) in [6.07, 6.45) is 0. The van der Waals surface area contributed by atoms with Crippen LogP contribution < -0.4 is 5.43 Å². The molecular weight excluding hydrogens is 370 g/mol. The molecule has 5 rings (SSSR count). The number of carbonyl (C=O) groups excluding carboxylic acids is 1. The molecule has 0 bridgehead atoms. The van der Waals surface area contributed by atoms with E-state index in [1.54, 1.807) is 4.68 Å². The summed E-state index contributed by atoms with van der Waals surface area (Å²) < 4.78 is 1.63. The molecule has 3 heterocycles. The van der Waals surface area contributed by atoms with Crippen LogP contribution in [0.3, 0.4) is 0 Å². The Morgan fingerprint density at radius 2 is 1.96 bits per heavy atom. The number of hydrogen-bond donors (Lipinski definition) is 2. The highest BCUT2D eigenvalue weighted by Crippen LogP contribution is 2.39. The third kappa shape index (κ3) is 2.40. The first-order valence-electron chi connectivity index (χ1n) is 7.96. The van der Waals surface area contributed by atoms with Crippen LogP contribution in [-0.4, -0.2) is 31.5 Å². The SMILES string of the molecule is O=C1CSc2nnc(-c3[nH]c4ccc(Cl)cc4c3-c3ccccc3)n2N1. The molecule has 2 N–H and O–H groups in total. The van der Waals surface area contributed by atoms with Crippen LogP contribution >= 0.6 is 23.4 Å². The van der Waals surface area contributed by atoms with Crippen molar-refractivity contribution in [2.75, 3.05) is 11.2 Å². The monoisotopic (exact) mass is 381 g/mol. The van der Waals surface area contributed by atoms with Crippen LogP contribution in [0.15, 0.2) is 53.7 Å². The summed E-state index contributed by atoms with van der Waals surface area (Å²) in [5.74, 6) is 0.821. The topological polar surface area (TPSA) is 75.6 Å². The standard InChI is InChI=1S/C18H12ClN5OS/c19-11-6-7-13-12(8-11)15(10-4-2-1-3-5-10)16(20-13)17-21-22-18-24(17)23-14(25)9-26-18/h1-8,20H,9H2,(H,23,25). The number of fused-ring (bicyclic) bond motifs is 2. The Morgan fingerprint density at radius 3 is 2.81 bits per heavy atom. The Kier molecular flexibility index (Phi) is 3.51. The molecule has 4 aromatic rings. The maximum atomic E-state index is 11.8. The molecule has 0 fully saturated rings. The van der Waals surface area contributed by atoms with Crippen molar-refractivity contribution in [2.24, 2.45) is 0 Å². The maximum Gasteiger partial charge on any atom is 0.249 e. The number of nitrogens with zero attached hydrogens (tertiary/aromatic N) is 3. The number of nitrogens with one attached hydrogen (secondary N) is 2. The zero-order valence-corrected chi connectivity index (χ0v) is 14.9. The second-order valence-corrected chi connectivity index (χ2v) is 7.28. The number of halogens is 1. The van der Waals surface area contributed by atoms with Gasteiger partial charge < -0.3 is 4.98 Å². The van der Waals surface area contributed by atoms with E-state index < -0.39 is 0 Å². The van der Waals surface area contributed by atoms with Gasteiger partial charge >= 0.3 is 0 Å². The molecule has 128 valence electrons.